The lowest BCUT2D eigenvalue weighted by molar-refractivity contribution is 0.0995. The number of anilines is 1. The van der Waals surface area contributed by atoms with Crippen molar-refractivity contribution in [3.8, 4) is 11.5 Å². The van der Waals surface area contributed by atoms with E-state index in [1.165, 1.54) is 0 Å². The number of aromatic nitrogens is 1. The van der Waals surface area contributed by atoms with Crippen molar-refractivity contribution < 1.29 is 13.6 Å². The normalized spacial score (nSPS) is 11.0. The van der Waals surface area contributed by atoms with Crippen LogP contribution in [0.3, 0.4) is 0 Å². The Morgan fingerprint density at radius 1 is 1.04 bits per heavy atom. The van der Waals surface area contributed by atoms with E-state index in [9.17, 15) is 4.79 Å². The Morgan fingerprint density at radius 2 is 1.81 bits per heavy atom. The van der Waals surface area contributed by atoms with Crippen LogP contribution in [-0.4, -0.2) is 10.9 Å². The van der Waals surface area contributed by atoms with Crippen LogP contribution in [0.4, 0.5) is 5.69 Å². The van der Waals surface area contributed by atoms with Crippen molar-refractivity contribution in [3.05, 3.63) is 70.1 Å². The van der Waals surface area contributed by atoms with Gasteiger partial charge in [-0.3, -0.25) is 4.79 Å². The fraction of sp³-hybridized carbons (Fsp3) is 0.100. The van der Waals surface area contributed by atoms with E-state index < -0.39 is 0 Å². The minimum atomic E-state index is -0.309. The minimum absolute atomic E-state index is 0.241. The Labute approximate surface area is 158 Å². The molecule has 0 aliphatic carbocycles. The third-order valence-corrected chi connectivity index (χ3v) is 4.43. The van der Waals surface area contributed by atoms with Crippen LogP contribution in [0.2, 0.25) is 0 Å². The van der Waals surface area contributed by atoms with Crippen LogP contribution in [0.15, 0.2) is 62.0 Å². The van der Waals surface area contributed by atoms with Gasteiger partial charge >= 0.3 is 0 Å². The van der Waals surface area contributed by atoms with Crippen molar-refractivity contribution in [2.75, 3.05) is 5.32 Å². The number of carbonyl (C=O) groups excluding carboxylic acids is 1. The van der Waals surface area contributed by atoms with Crippen molar-refractivity contribution in [3.63, 3.8) is 0 Å². The molecule has 0 unspecified atom stereocenters. The first-order valence-electron chi connectivity index (χ1n) is 8.04. The summed E-state index contributed by atoms with van der Waals surface area (Å²) in [6.07, 6.45) is 0. The highest BCUT2D eigenvalue weighted by Crippen LogP contribution is 2.28. The second kappa shape index (κ2) is 6.46. The van der Waals surface area contributed by atoms with Gasteiger partial charge in [-0.25, -0.2) is 4.98 Å². The number of rotatable bonds is 3. The van der Waals surface area contributed by atoms with Crippen molar-refractivity contribution in [1.29, 1.82) is 0 Å². The summed E-state index contributed by atoms with van der Waals surface area (Å²) in [4.78, 5) is 16.7. The maximum absolute atomic E-state index is 12.1. The Balaban J connectivity index is 1.58. The molecule has 4 rings (SSSR count). The molecule has 0 atom stereocenters. The molecule has 0 spiro atoms. The number of aryl methyl sites for hydroxylation is 2. The quantitative estimate of drug-likeness (QED) is 0.468. The average molecular weight is 411 g/mol. The van der Waals surface area contributed by atoms with Crippen LogP contribution in [0.25, 0.3) is 22.6 Å². The molecular weight excluding hydrogens is 396 g/mol. The van der Waals surface area contributed by atoms with E-state index in [0.717, 1.165) is 27.8 Å². The number of amides is 1. The Hall–Kier alpha value is -2.86. The topological polar surface area (TPSA) is 68.3 Å². The van der Waals surface area contributed by atoms with Gasteiger partial charge in [0.15, 0.2) is 16.0 Å². The van der Waals surface area contributed by atoms with Gasteiger partial charge in [-0.2, -0.15) is 0 Å². The lowest BCUT2D eigenvalue weighted by Crippen LogP contribution is -2.10. The van der Waals surface area contributed by atoms with Gasteiger partial charge in [0.2, 0.25) is 5.89 Å². The van der Waals surface area contributed by atoms with E-state index in [4.69, 9.17) is 8.83 Å². The maximum atomic E-state index is 12.1. The molecule has 0 saturated heterocycles. The zero-order chi connectivity index (χ0) is 18.3. The SMILES string of the molecule is Cc1cc(C)c2oc(-c3ccc(NC(=O)c4ccc(Br)o4)cc3)nc2c1. The molecule has 4 aromatic rings. The highest BCUT2D eigenvalue weighted by atomic mass is 79.9. The number of benzene rings is 2. The highest BCUT2D eigenvalue weighted by molar-refractivity contribution is 9.10. The second-order valence-electron chi connectivity index (χ2n) is 6.08. The molecule has 2 heterocycles. The molecule has 0 bridgehead atoms. The van der Waals surface area contributed by atoms with Crippen LogP contribution in [-0.2, 0) is 0 Å². The molecule has 1 amide bonds. The summed E-state index contributed by atoms with van der Waals surface area (Å²) in [6, 6.07) is 14.7. The van der Waals surface area contributed by atoms with Gasteiger partial charge in [0, 0.05) is 11.3 Å². The summed E-state index contributed by atoms with van der Waals surface area (Å²) in [7, 11) is 0. The van der Waals surface area contributed by atoms with Gasteiger partial charge in [0.1, 0.15) is 5.52 Å². The molecule has 130 valence electrons. The van der Waals surface area contributed by atoms with Crippen molar-refractivity contribution in [2.24, 2.45) is 0 Å². The summed E-state index contributed by atoms with van der Waals surface area (Å²) in [5, 5.41) is 2.79. The van der Waals surface area contributed by atoms with E-state index >= 15 is 0 Å². The predicted octanol–water partition coefficient (Wildman–Crippen LogP) is 5.72. The number of oxazole rings is 1. The molecule has 0 radical (unpaired) electrons. The van der Waals surface area contributed by atoms with Gasteiger partial charge in [0.05, 0.1) is 0 Å². The molecular formula is C20H15BrN2O3. The van der Waals surface area contributed by atoms with Gasteiger partial charge in [-0.05, 0) is 83.4 Å². The third kappa shape index (κ3) is 3.15. The summed E-state index contributed by atoms with van der Waals surface area (Å²) in [5.74, 6) is 0.490. The van der Waals surface area contributed by atoms with Gasteiger partial charge in [-0.15, -0.1) is 0 Å². The fourth-order valence-corrected chi connectivity index (χ4v) is 3.13. The first-order chi connectivity index (χ1) is 12.5. The second-order valence-corrected chi connectivity index (χ2v) is 6.87. The van der Waals surface area contributed by atoms with Gasteiger partial charge in [-0.1, -0.05) is 6.07 Å². The first kappa shape index (κ1) is 16.6. The highest BCUT2D eigenvalue weighted by Gasteiger charge is 2.13. The zero-order valence-electron chi connectivity index (χ0n) is 14.2. The van der Waals surface area contributed by atoms with Crippen LogP contribution < -0.4 is 5.32 Å². The van der Waals surface area contributed by atoms with Crippen LogP contribution in [0, 0.1) is 13.8 Å². The Morgan fingerprint density at radius 3 is 2.50 bits per heavy atom. The van der Waals surface area contributed by atoms with Crippen molar-refractivity contribution in [1.82, 2.24) is 4.98 Å². The minimum Gasteiger partial charge on any atom is -0.444 e. The summed E-state index contributed by atoms with van der Waals surface area (Å²) >= 11 is 3.18. The zero-order valence-corrected chi connectivity index (χ0v) is 15.8. The standard InChI is InChI=1S/C20H15BrN2O3/c1-11-9-12(2)18-15(10-11)23-20(26-18)13-3-5-14(6-4-13)22-19(24)16-7-8-17(21)25-16/h3-10H,1-2H3,(H,22,24). The average Bonchev–Trinajstić information content (AvgIpc) is 3.22. The molecule has 1 N–H and O–H groups in total. The van der Waals surface area contributed by atoms with E-state index in [2.05, 4.69) is 32.3 Å². The maximum Gasteiger partial charge on any atom is 0.291 e. The largest absolute Gasteiger partial charge is 0.444 e. The molecule has 0 fully saturated rings. The number of furan rings is 1. The number of nitrogens with one attached hydrogen (secondary N) is 1. The summed E-state index contributed by atoms with van der Waals surface area (Å²) in [5.41, 5.74) is 5.36. The van der Waals surface area contributed by atoms with Crippen molar-refractivity contribution >= 4 is 38.6 Å². The molecule has 5 nitrogen and oxygen atoms in total. The smallest absolute Gasteiger partial charge is 0.291 e. The fourth-order valence-electron chi connectivity index (χ4n) is 2.83. The summed E-state index contributed by atoms with van der Waals surface area (Å²) in [6.45, 7) is 4.05. The van der Waals surface area contributed by atoms with E-state index in [0.29, 0.717) is 16.2 Å². The molecule has 0 aliphatic rings. The Kier molecular flexibility index (Phi) is 4.12. The lowest BCUT2D eigenvalue weighted by Gasteiger charge is -2.03. The van der Waals surface area contributed by atoms with Gasteiger partial charge < -0.3 is 14.2 Å². The molecule has 2 aromatic heterocycles. The van der Waals surface area contributed by atoms with E-state index in [1.54, 1.807) is 24.3 Å². The van der Waals surface area contributed by atoms with Crippen LogP contribution >= 0.6 is 15.9 Å². The molecule has 6 heteroatoms. The molecule has 26 heavy (non-hydrogen) atoms. The number of carbonyl (C=O) groups is 1. The van der Waals surface area contributed by atoms with Crippen LogP contribution in [0.5, 0.6) is 0 Å². The van der Waals surface area contributed by atoms with Crippen molar-refractivity contribution in [2.45, 2.75) is 13.8 Å². The monoisotopic (exact) mass is 410 g/mol. The summed E-state index contributed by atoms with van der Waals surface area (Å²) < 4.78 is 11.7. The predicted molar refractivity (Wildman–Crippen MR) is 103 cm³/mol. The van der Waals surface area contributed by atoms with Gasteiger partial charge in [0.25, 0.3) is 5.91 Å². The molecule has 0 aliphatic heterocycles. The molecule has 0 saturated carbocycles. The van der Waals surface area contributed by atoms with E-state index in [-0.39, 0.29) is 11.7 Å². The third-order valence-electron chi connectivity index (χ3n) is 4.01. The number of hydrogen-bond acceptors (Lipinski definition) is 4. The first-order valence-corrected chi connectivity index (χ1v) is 8.84. The number of fused-ring (bicyclic) bond motifs is 1. The number of halogens is 1. The molecule has 2 aromatic carbocycles. The van der Waals surface area contributed by atoms with E-state index in [1.807, 2.05) is 32.0 Å². The lowest BCUT2D eigenvalue weighted by atomic mass is 10.1. The number of hydrogen-bond donors (Lipinski definition) is 1. The van der Waals surface area contributed by atoms with Crippen LogP contribution in [0.1, 0.15) is 21.7 Å². The Bertz CT molecular complexity index is 1110. The number of nitrogens with zero attached hydrogens (tertiary/aromatic N) is 1.